The van der Waals surface area contributed by atoms with Crippen LogP contribution in [0.1, 0.15) is 46.3 Å². The van der Waals surface area contributed by atoms with E-state index >= 15 is 0 Å². The Labute approximate surface area is 118 Å². The molecule has 18 heavy (non-hydrogen) atoms. The van der Waals surface area contributed by atoms with E-state index in [-0.39, 0.29) is 5.91 Å². The third-order valence-electron chi connectivity index (χ3n) is 3.00. The van der Waals surface area contributed by atoms with Crippen molar-refractivity contribution in [3.8, 4) is 0 Å². The smallest absolute Gasteiger partial charge is 0.251 e. The summed E-state index contributed by atoms with van der Waals surface area (Å²) in [7, 11) is 0. The summed E-state index contributed by atoms with van der Waals surface area (Å²) in [6, 6.07) is 4.12. The van der Waals surface area contributed by atoms with Gasteiger partial charge in [-0.2, -0.15) is 0 Å². The van der Waals surface area contributed by atoms with E-state index in [2.05, 4.69) is 40.3 Å². The molecular weight excluding hydrogens is 290 g/mol. The van der Waals surface area contributed by atoms with Crippen molar-refractivity contribution in [1.29, 1.82) is 0 Å². The van der Waals surface area contributed by atoms with Crippen molar-refractivity contribution in [3.05, 3.63) is 34.4 Å². The molecular formula is C15H22BrNO. The van der Waals surface area contributed by atoms with Gasteiger partial charge in [0, 0.05) is 17.4 Å². The van der Waals surface area contributed by atoms with E-state index in [1.807, 2.05) is 13.8 Å². The molecule has 100 valence electrons. The second-order valence-corrected chi connectivity index (χ2v) is 5.57. The fourth-order valence-electron chi connectivity index (χ4n) is 2.22. The summed E-state index contributed by atoms with van der Waals surface area (Å²) in [5.41, 5.74) is 4.16. The predicted molar refractivity (Wildman–Crippen MR) is 80.6 cm³/mol. The minimum Gasteiger partial charge on any atom is -0.352 e. The van der Waals surface area contributed by atoms with Gasteiger partial charge in [0.05, 0.1) is 0 Å². The third-order valence-corrected chi connectivity index (χ3v) is 3.56. The van der Waals surface area contributed by atoms with Gasteiger partial charge in [0.15, 0.2) is 0 Å². The molecule has 1 aromatic rings. The Hall–Kier alpha value is -0.830. The summed E-state index contributed by atoms with van der Waals surface area (Å²) in [4.78, 5) is 12.1. The maximum absolute atomic E-state index is 12.1. The van der Waals surface area contributed by atoms with E-state index in [0.29, 0.717) is 0 Å². The molecule has 2 nitrogen and oxygen atoms in total. The molecule has 0 aliphatic carbocycles. The molecule has 1 rings (SSSR count). The molecule has 0 fully saturated rings. The number of carbonyl (C=O) groups is 1. The average Bonchev–Trinajstić information content (AvgIpc) is 2.27. The SMILES string of the molecule is Cc1cc(C)c(C(=O)NCCCCCBr)c(C)c1. The molecule has 0 spiro atoms. The summed E-state index contributed by atoms with van der Waals surface area (Å²) in [5, 5.41) is 4.04. The van der Waals surface area contributed by atoms with Gasteiger partial charge >= 0.3 is 0 Å². The van der Waals surface area contributed by atoms with Gasteiger partial charge in [-0.3, -0.25) is 4.79 Å². The highest BCUT2D eigenvalue weighted by molar-refractivity contribution is 9.09. The van der Waals surface area contributed by atoms with Crippen LogP contribution in [-0.2, 0) is 0 Å². The molecule has 0 aliphatic heterocycles. The number of unbranched alkanes of at least 4 members (excludes halogenated alkanes) is 2. The first-order valence-corrected chi connectivity index (χ1v) is 7.60. The Balaban J connectivity index is 2.57. The van der Waals surface area contributed by atoms with Crippen LogP contribution >= 0.6 is 15.9 Å². The van der Waals surface area contributed by atoms with Gasteiger partial charge in [-0.05, 0) is 44.7 Å². The summed E-state index contributed by atoms with van der Waals surface area (Å²) in [5.74, 6) is 0.0591. The van der Waals surface area contributed by atoms with Crippen molar-refractivity contribution < 1.29 is 4.79 Å². The number of nitrogens with one attached hydrogen (secondary N) is 1. The zero-order valence-corrected chi connectivity index (χ0v) is 13.1. The predicted octanol–water partition coefficient (Wildman–Crippen LogP) is 3.91. The van der Waals surface area contributed by atoms with Gasteiger partial charge in [-0.1, -0.05) is 40.0 Å². The van der Waals surface area contributed by atoms with Crippen LogP contribution in [0.2, 0.25) is 0 Å². The average molecular weight is 312 g/mol. The largest absolute Gasteiger partial charge is 0.352 e. The molecule has 3 heteroatoms. The molecule has 0 atom stereocenters. The highest BCUT2D eigenvalue weighted by Gasteiger charge is 2.11. The number of benzene rings is 1. The van der Waals surface area contributed by atoms with Gasteiger partial charge in [0.25, 0.3) is 5.91 Å². The maximum Gasteiger partial charge on any atom is 0.251 e. The van der Waals surface area contributed by atoms with Gasteiger partial charge < -0.3 is 5.32 Å². The number of rotatable bonds is 6. The summed E-state index contributed by atoms with van der Waals surface area (Å²) >= 11 is 3.41. The van der Waals surface area contributed by atoms with Crippen molar-refractivity contribution in [2.24, 2.45) is 0 Å². The van der Waals surface area contributed by atoms with Crippen molar-refractivity contribution >= 4 is 21.8 Å². The Morgan fingerprint density at radius 3 is 2.28 bits per heavy atom. The van der Waals surface area contributed by atoms with Crippen molar-refractivity contribution in [1.82, 2.24) is 5.32 Å². The first kappa shape index (κ1) is 15.2. The molecule has 0 radical (unpaired) electrons. The highest BCUT2D eigenvalue weighted by atomic mass is 79.9. The van der Waals surface area contributed by atoms with Crippen LogP contribution < -0.4 is 5.32 Å². The van der Waals surface area contributed by atoms with Crippen molar-refractivity contribution in [2.45, 2.75) is 40.0 Å². The number of carbonyl (C=O) groups excluding carboxylic acids is 1. The third kappa shape index (κ3) is 4.45. The number of hydrogen-bond donors (Lipinski definition) is 1. The minimum absolute atomic E-state index is 0.0591. The monoisotopic (exact) mass is 311 g/mol. The van der Waals surface area contributed by atoms with Crippen molar-refractivity contribution in [3.63, 3.8) is 0 Å². The lowest BCUT2D eigenvalue weighted by Gasteiger charge is -2.11. The molecule has 1 aromatic carbocycles. The van der Waals surface area contributed by atoms with E-state index in [1.165, 1.54) is 12.0 Å². The van der Waals surface area contributed by atoms with Crippen LogP contribution in [0.15, 0.2) is 12.1 Å². The van der Waals surface area contributed by atoms with Gasteiger partial charge in [0.1, 0.15) is 0 Å². The molecule has 0 saturated carbocycles. The van der Waals surface area contributed by atoms with Crippen molar-refractivity contribution in [2.75, 3.05) is 11.9 Å². The molecule has 0 unspecified atom stereocenters. The molecule has 0 bridgehead atoms. The fourth-order valence-corrected chi connectivity index (χ4v) is 2.62. The lowest BCUT2D eigenvalue weighted by Crippen LogP contribution is -2.26. The maximum atomic E-state index is 12.1. The molecule has 0 aromatic heterocycles. The molecule has 0 aliphatic rings. The van der Waals surface area contributed by atoms with Gasteiger partial charge in [-0.25, -0.2) is 0 Å². The molecule has 1 amide bonds. The van der Waals surface area contributed by atoms with Crippen LogP contribution in [0.5, 0.6) is 0 Å². The lowest BCUT2D eigenvalue weighted by atomic mass is 9.99. The van der Waals surface area contributed by atoms with Crippen LogP contribution in [0.4, 0.5) is 0 Å². The van der Waals surface area contributed by atoms with Gasteiger partial charge in [-0.15, -0.1) is 0 Å². The Kier molecular flexibility index (Phi) is 6.41. The quantitative estimate of drug-likeness (QED) is 0.626. The highest BCUT2D eigenvalue weighted by Crippen LogP contribution is 2.16. The normalized spacial score (nSPS) is 10.4. The number of alkyl halides is 1. The van der Waals surface area contributed by atoms with Crippen LogP contribution in [0.25, 0.3) is 0 Å². The van der Waals surface area contributed by atoms with Crippen LogP contribution in [-0.4, -0.2) is 17.8 Å². The molecule has 0 heterocycles. The van der Waals surface area contributed by atoms with E-state index in [4.69, 9.17) is 0 Å². The van der Waals surface area contributed by atoms with Crippen LogP contribution in [0, 0.1) is 20.8 Å². The van der Waals surface area contributed by atoms with Gasteiger partial charge in [0.2, 0.25) is 0 Å². The number of hydrogen-bond acceptors (Lipinski definition) is 1. The number of aryl methyl sites for hydroxylation is 3. The first-order valence-electron chi connectivity index (χ1n) is 6.48. The Morgan fingerprint density at radius 1 is 1.11 bits per heavy atom. The van der Waals surface area contributed by atoms with E-state index < -0.39 is 0 Å². The summed E-state index contributed by atoms with van der Waals surface area (Å²) in [6.45, 7) is 6.82. The van der Waals surface area contributed by atoms with E-state index in [9.17, 15) is 4.79 Å². The summed E-state index contributed by atoms with van der Waals surface area (Å²) in [6.07, 6.45) is 3.36. The molecule has 1 N–H and O–H groups in total. The summed E-state index contributed by atoms with van der Waals surface area (Å²) < 4.78 is 0. The van der Waals surface area contributed by atoms with E-state index in [1.54, 1.807) is 0 Å². The second kappa shape index (κ2) is 7.57. The van der Waals surface area contributed by atoms with E-state index in [0.717, 1.165) is 41.4 Å². The van der Waals surface area contributed by atoms with Crippen LogP contribution in [0.3, 0.4) is 0 Å². The zero-order valence-electron chi connectivity index (χ0n) is 11.5. The Morgan fingerprint density at radius 2 is 1.72 bits per heavy atom. The minimum atomic E-state index is 0.0591. The first-order chi connectivity index (χ1) is 8.56. The second-order valence-electron chi connectivity index (χ2n) is 4.78. The lowest BCUT2D eigenvalue weighted by molar-refractivity contribution is 0.0952. The Bertz CT molecular complexity index is 392. The standard InChI is InChI=1S/C15H22BrNO/c1-11-9-12(2)14(13(3)10-11)15(18)17-8-6-4-5-7-16/h9-10H,4-8H2,1-3H3,(H,17,18). The fraction of sp³-hybridized carbons (Fsp3) is 0.533. The number of halogens is 1. The molecule has 0 saturated heterocycles. The topological polar surface area (TPSA) is 29.1 Å². The zero-order chi connectivity index (χ0) is 13.5. The number of amides is 1.